The predicted octanol–water partition coefficient (Wildman–Crippen LogP) is 1.08. The normalized spacial score (nSPS) is 11.3. The number of anilines is 1. The SMILES string of the molecule is CCN(Cc1noc(C)n1)C(=O)Nc1ccc(S(N)(=O)=O)cc1. The molecule has 0 unspecified atom stereocenters. The topological polar surface area (TPSA) is 131 Å². The lowest BCUT2D eigenvalue weighted by molar-refractivity contribution is 0.210. The minimum atomic E-state index is -3.76. The Labute approximate surface area is 133 Å². The molecule has 3 N–H and O–H groups in total. The third-order valence-electron chi connectivity index (χ3n) is 3.00. The molecular weight excluding hydrogens is 322 g/mol. The summed E-state index contributed by atoms with van der Waals surface area (Å²) < 4.78 is 27.2. The summed E-state index contributed by atoms with van der Waals surface area (Å²) in [4.78, 5) is 17.7. The quantitative estimate of drug-likeness (QED) is 0.838. The monoisotopic (exact) mass is 339 g/mol. The van der Waals surface area contributed by atoms with Gasteiger partial charge in [0.05, 0.1) is 11.4 Å². The summed E-state index contributed by atoms with van der Waals surface area (Å²) in [5.41, 5.74) is 0.449. The fourth-order valence-corrected chi connectivity index (χ4v) is 2.35. The van der Waals surface area contributed by atoms with Gasteiger partial charge in [0, 0.05) is 19.2 Å². The molecule has 0 saturated heterocycles. The molecule has 0 radical (unpaired) electrons. The van der Waals surface area contributed by atoms with Crippen LogP contribution in [-0.4, -0.2) is 36.0 Å². The third-order valence-corrected chi connectivity index (χ3v) is 3.93. The summed E-state index contributed by atoms with van der Waals surface area (Å²) in [5, 5.41) is 11.4. The highest BCUT2D eigenvalue weighted by Crippen LogP contribution is 2.13. The van der Waals surface area contributed by atoms with Crippen LogP contribution in [0.2, 0.25) is 0 Å². The molecule has 0 spiro atoms. The van der Waals surface area contributed by atoms with Gasteiger partial charge in [-0.3, -0.25) is 0 Å². The lowest BCUT2D eigenvalue weighted by Gasteiger charge is -2.19. The Hall–Kier alpha value is -2.46. The number of urea groups is 1. The van der Waals surface area contributed by atoms with Gasteiger partial charge in [0.1, 0.15) is 0 Å². The van der Waals surface area contributed by atoms with E-state index in [1.807, 2.05) is 6.92 Å². The number of primary sulfonamides is 1. The zero-order chi connectivity index (χ0) is 17.0. The van der Waals surface area contributed by atoms with Gasteiger partial charge in [0.25, 0.3) is 0 Å². The first-order valence-electron chi connectivity index (χ1n) is 6.77. The molecule has 2 aromatic rings. The molecule has 0 bridgehead atoms. The van der Waals surface area contributed by atoms with Gasteiger partial charge in [0.2, 0.25) is 15.9 Å². The Morgan fingerprint density at radius 2 is 2.00 bits per heavy atom. The van der Waals surface area contributed by atoms with Crippen LogP contribution in [0, 0.1) is 6.92 Å². The second-order valence-electron chi connectivity index (χ2n) is 4.74. The van der Waals surface area contributed by atoms with Crippen LogP contribution < -0.4 is 10.5 Å². The lowest BCUT2D eigenvalue weighted by Crippen LogP contribution is -2.34. The van der Waals surface area contributed by atoms with Gasteiger partial charge < -0.3 is 14.7 Å². The molecule has 124 valence electrons. The molecular formula is C13H17N5O4S. The van der Waals surface area contributed by atoms with Crippen LogP contribution in [0.1, 0.15) is 18.6 Å². The number of amides is 2. The Morgan fingerprint density at radius 3 is 2.48 bits per heavy atom. The van der Waals surface area contributed by atoms with Crippen molar-refractivity contribution in [1.82, 2.24) is 15.0 Å². The van der Waals surface area contributed by atoms with E-state index < -0.39 is 10.0 Å². The number of aromatic nitrogens is 2. The molecule has 10 heteroatoms. The van der Waals surface area contributed by atoms with Gasteiger partial charge in [0.15, 0.2) is 5.82 Å². The predicted molar refractivity (Wildman–Crippen MR) is 82.0 cm³/mol. The summed E-state index contributed by atoms with van der Waals surface area (Å²) in [5.74, 6) is 0.833. The Kier molecular flexibility index (Phi) is 4.96. The third kappa shape index (κ3) is 4.50. The van der Waals surface area contributed by atoms with Crippen molar-refractivity contribution in [3.05, 3.63) is 36.0 Å². The van der Waals surface area contributed by atoms with Crippen molar-refractivity contribution in [1.29, 1.82) is 0 Å². The molecule has 1 aromatic heterocycles. The first-order chi connectivity index (χ1) is 10.8. The maximum absolute atomic E-state index is 12.2. The molecule has 2 amide bonds. The molecule has 0 atom stereocenters. The van der Waals surface area contributed by atoms with Gasteiger partial charge in [-0.25, -0.2) is 18.4 Å². The van der Waals surface area contributed by atoms with Crippen molar-refractivity contribution < 1.29 is 17.7 Å². The number of aryl methyl sites for hydroxylation is 1. The minimum absolute atomic E-state index is 0.0230. The average molecular weight is 339 g/mol. The number of hydrogen-bond acceptors (Lipinski definition) is 6. The summed E-state index contributed by atoms with van der Waals surface area (Å²) in [7, 11) is -3.76. The van der Waals surface area contributed by atoms with Gasteiger partial charge in [-0.1, -0.05) is 5.16 Å². The average Bonchev–Trinajstić information content (AvgIpc) is 2.89. The van der Waals surface area contributed by atoms with E-state index in [-0.39, 0.29) is 17.5 Å². The van der Waals surface area contributed by atoms with Crippen LogP contribution in [-0.2, 0) is 16.6 Å². The van der Waals surface area contributed by atoms with E-state index in [1.54, 1.807) is 6.92 Å². The molecule has 0 aliphatic rings. The van der Waals surface area contributed by atoms with Crippen LogP contribution in [0.4, 0.5) is 10.5 Å². The van der Waals surface area contributed by atoms with Gasteiger partial charge in [-0.05, 0) is 31.2 Å². The number of hydrogen-bond donors (Lipinski definition) is 2. The summed E-state index contributed by atoms with van der Waals surface area (Å²) in [6.45, 7) is 4.13. The molecule has 0 saturated carbocycles. The maximum atomic E-state index is 12.2. The largest absolute Gasteiger partial charge is 0.340 e. The lowest BCUT2D eigenvalue weighted by atomic mass is 10.3. The highest BCUT2D eigenvalue weighted by atomic mass is 32.2. The maximum Gasteiger partial charge on any atom is 0.322 e. The zero-order valence-corrected chi connectivity index (χ0v) is 13.5. The second kappa shape index (κ2) is 6.75. The molecule has 23 heavy (non-hydrogen) atoms. The Morgan fingerprint density at radius 1 is 1.35 bits per heavy atom. The number of carbonyl (C=O) groups is 1. The molecule has 0 aliphatic heterocycles. The summed E-state index contributed by atoms with van der Waals surface area (Å²) in [6.07, 6.45) is 0. The minimum Gasteiger partial charge on any atom is -0.340 e. The molecule has 2 rings (SSSR count). The van der Waals surface area contributed by atoms with Crippen molar-refractivity contribution in [2.45, 2.75) is 25.3 Å². The van der Waals surface area contributed by atoms with Crippen LogP contribution in [0.15, 0.2) is 33.7 Å². The molecule has 1 aromatic carbocycles. The van der Waals surface area contributed by atoms with Crippen LogP contribution in [0.25, 0.3) is 0 Å². The summed E-state index contributed by atoms with van der Waals surface area (Å²) in [6, 6.07) is 5.21. The fourth-order valence-electron chi connectivity index (χ4n) is 1.83. The van der Waals surface area contributed by atoms with E-state index in [0.29, 0.717) is 23.9 Å². The van der Waals surface area contributed by atoms with E-state index in [0.717, 1.165) is 0 Å². The van der Waals surface area contributed by atoms with Crippen LogP contribution in [0.5, 0.6) is 0 Å². The molecule has 9 nitrogen and oxygen atoms in total. The Bertz CT molecular complexity index is 785. The van der Waals surface area contributed by atoms with Gasteiger partial charge >= 0.3 is 6.03 Å². The number of rotatable bonds is 5. The van der Waals surface area contributed by atoms with Crippen molar-refractivity contribution in [2.24, 2.45) is 5.14 Å². The summed E-state index contributed by atoms with van der Waals surface area (Å²) >= 11 is 0. The van der Waals surface area contributed by atoms with Crippen molar-refractivity contribution in [2.75, 3.05) is 11.9 Å². The standard InChI is InChI=1S/C13H17N5O4S/c1-3-18(8-12-15-9(2)22-17-12)13(19)16-10-4-6-11(7-5-10)23(14,20)21/h4-7H,3,8H2,1-2H3,(H,16,19)(H2,14,20,21). The first kappa shape index (κ1) is 16.9. The van der Waals surface area contributed by atoms with Crippen molar-refractivity contribution >= 4 is 21.7 Å². The van der Waals surface area contributed by atoms with E-state index in [1.165, 1.54) is 29.2 Å². The highest BCUT2D eigenvalue weighted by Gasteiger charge is 2.15. The number of carbonyl (C=O) groups excluding carboxylic acids is 1. The number of benzene rings is 1. The van der Waals surface area contributed by atoms with Crippen LogP contribution >= 0.6 is 0 Å². The molecule has 1 heterocycles. The van der Waals surface area contributed by atoms with E-state index in [4.69, 9.17) is 9.66 Å². The second-order valence-corrected chi connectivity index (χ2v) is 6.30. The first-order valence-corrected chi connectivity index (χ1v) is 8.32. The highest BCUT2D eigenvalue weighted by molar-refractivity contribution is 7.89. The van der Waals surface area contributed by atoms with Crippen LogP contribution in [0.3, 0.4) is 0 Å². The number of nitrogens with zero attached hydrogens (tertiary/aromatic N) is 3. The fraction of sp³-hybridized carbons (Fsp3) is 0.308. The van der Waals surface area contributed by atoms with E-state index in [9.17, 15) is 13.2 Å². The number of nitrogens with one attached hydrogen (secondary N) is 1. The van der Waals surface area contributed by atoms with Crippen molar-refractivity contribution in [3.8, 4) is 0 Å². The van der Waals surface area contributed by atoms with E-state index >= 15 is 0 Å². The number of nitrogens with two attached hydrogens (primary N) is 1. The zero-order valence-electron chi connectivity index (χ0n) is 12.7. The number of sulfonamides is 1. The Balaban J connectivity index is 2.04. The molecule has 0 aliphatic carbocycles. The van der Waals surface area contributed by atoms with Gasteiger partial charge in [-0.2, -0.15) is 4.98 Å². The molecule has 0 fully saturated rings. The van der Waals surface area contributed by atoms with Crippen molar-refractivity contribution in [3.63, 3.8) is 0 Å². The van der Waals surface area contributed by atoms with Gasteiger partial charge in [-0.15, -0.1) is 0 Å². The van der Waals surface area contributed by atoms with E-state index in [2.05, 4.69) is 15.5 Å². The smallest absolute Gasteiger partial charge is 0.322 e.